The van der Waals surface area contributed by atoms with Crippen molar-refractivity contribution in [3.05, 3.63) is 95.6 Å². The third-order valence-electron chi connectivity index (χ3n) is 6.88. The Morgan fingerprint density at radius 1 is 1.10 bits per heavy atom. The Morgan fingerprint density at radius 2 is 1.86 bits per heavy atom. The zero-order chi connectivity index (χ0) is 29.5. The number of aromatic nitrogens is 3. The van der Waals surface area contributed by atoms with Crippen molar-refractivity contribution in [3.63, 3.8) is 0 Å². The van der Waals surface area contributed by atoms with E-state index in [1.807, 2.05) is 53.2 Å². The second-order valence-corrected chi connectivity index (χ2v) is 10.0. The monoisotopic (exact) mass is 592 g/mol. The molecule has 1 aliphatic rings. The highest BCUT2D eigenvalue weighted by atomic mass is 35.5. The number of nitrogens with zero attached hydrogens (tertiary/aromatic N) is 4. The molecule has 1 atom stereocenters. The number of carbonyl (C=O) groups is 2. The summed E-state index contributed by atoms with van der Waals surface area (Å²) in [5, 5.41) is 14.2. The van der Waals surface area contributed by atoms with Crippen molar-refractivity contribution in [1.82, 2.24) is 25.6 Å². The van der Waals surface area contributed by atoms with Crippen LogP contribution in [0.1, 0.15) is 16.8 Å². The molecule has 2 amide bonds. The van der Waals surface area contributed by atoms with E-state index in [9.17, 15) is 9.59 Å². The second kappa shape index (κ2) is 13.5. The molecule has 218 valence electrons. The maximum absolute atomic E-state index is 15.1. The van der Waals surface area contributed by atoms with Crippen molar-refractivity contribution >= 4 is 29.3 Å². The molecule has 10 nitrogen and oxygen atoms in total. The first-order chi connectivity index (χ1) is 20.4. The first-order valence-corrected chi connectivity index (χ1v) is 13.9. The molecule has 5 rings (SSSR count). The molecule has 0 bridgehead atoms. The summed E-state index contributed by atoms with van der Waals surface area (Å²) in [6.07, 6.45) is 0.607. The number of ether oxygens (including phenoxy) is 2. The molecule has 0 unspecified atom stereocenters. The summed E-state index contributed by atoms with van der Waals surface area (Å²) in [4.78, 5) is 25.0. The van der Waals surface area contributed by atoms with E-state index in [-0.39, 0.29) is 24.9 Å². The van der Waals surface area contributed by atoms with Gasteiger partial charge in [0.2, 0.25) is 5.91 Å². The van der Waals surface area contributed by atoms with Crippen molar-refractivity contribution in [1.29, 1.82) is 0 Å². The standard InChI is InChI=1S/C30H30ClFN6O4/c1-41-25-9-4-21(5-10-25)18-38-24(16-35-36-38)15-33-14-20-2-6-22(7-3-20)27-11-8-23(12-28(27)32)37-19-26(42-30(37)40)17-34-29(39)13-31/h2-12,16,26,33H,13-15,17-19H2,1H3,(H,34,39)/t26-/m0/s1. The van der Waals surface area contributed by atoms with Gasteiger partial charge in [-0.3, -0.25) is 9.69 Å². The van der Waals surface area contributed by atoms with Crippen LogP contribution in [0.4, 0.5) is 14.9 Å². The van der Waals surface area contributed by atoms with Crippen LogP contribution in [0.25, 0.3) is 11.1 Å². The largest absolute Gasteiger partial charge is 0.497 e. The number of cyclic esters (lactones) is 1. The normalized spacial score (nSPS) is 14.6. The van der Waals surface area contributed by atoms with E-state index in [0.29, 0.717) is 30.9 Å². The maximum Gasteiger partial charge on any atom is 0.414 e. The minimum Gasteiger partial charge on any atom is -0.497 e. The Balaban J connectivity index is 1.15. The highest BCUT2D eigenvalue weighted by Gasteiger charge is 2.32. The Morgan fingerprint density at radius 3 is 2.57 bits per heavy atom. The van der Waals surface area contributed by atoms with Crippen LogP contribution in [-0.2, 0) is 29.2 Å². The molecule has 0 saturated carbocycles. The Labute approximate surface area is 247 Å². The van der Waals surface area contributed by atoms with Crippen LogP contribution in [0.5, 0.6) is 5.75 Å². The van der Waals surface area contributed by atoms with E-state index in [1.54, 1.807) is 25.4 Å². The fourth-order valence-corrected chi connectivity index (χ4v) is 4.70. The van der Waals surface area contributed by atoms with Gasteiger partial charge in [0.25, 0.3) is 0 Å². The molecule has 1 fully saturated rings. The molecule has 42 heavy (non-hydrogen) atoms. The van der Waals surface area contributed by atoms with Crippen molar-refractivity contribution in [2.24, 2.45) is 0 Å². The number of carbonyl (C=O) groups excluding carboxylic acids is 2. The summed E-state index contributed by atoms with van der Waals surface area (Å²) >= 11 is 5.48. The van der Waals surface area contributed by atoms with Gasteiger partial charge >= 0.3 is 6.09 Å². The molecule has 0 spiro atoms. The zero-order valence-corrected chi connectivity index (χ0v) is 23.7. The fourth-order valence-electron chi connectivity index (χ4n) is 4.61. The number of methoxy groups -OCH3 is 1. The number of rotatable bonds is 12. The highest BCUT2D eigenvalue weighted by molar-refractivity contribution is 6.27. The molecule has 0 aliphatic carbocycles. The van der Waals surface area contributed by atoms with Crippen LogP contribution in [0.3, 0.4) is 0 Å². The molecular weight excluding hydrogens is 563 g/mol. The first kappa shape index (κ1) is 29.0. The lowest BCUT2D eigenvalue weighted by atomic mass is 10.0. The lowest BCUT2D eigenvalue weighted by molar-refractivity contribution is -0.119. The highest BCUT2D eigenvalue weighted by Crippen LogP contribution is 2.29. The molecule has 2 heterocycles. The number of halogens is 2. The summed E-state index contributed by atoms with van der Waals surface area (Å²) in [5.41, 5.74) is 4.61. The van der Waals surface area contributed by atoms with Crippen molar-refractivity contribution in [3.8, 4) is 16.9 Å². The number of alkyl halides is 1. The molecule has 2 N–H and O–H groups in total. The summed E-state index contributed by atoms with van der Waals surface area (Å²) in [5.74, 6) is -0.179. The van der Waals surface area contributed by atoms with Crippen LogP contribution >= 0.6 is 11.6 Å². The number of hydrogen-bond acceptors (Lipinski definition) is 7. The van der Waals surface area contributed by atoms with Crippen molar-refractivity contribution in [2.45, 2.75) is 25.7 Å². The number of nitrogens with one attached hydrogen (secondary N) is 2. The lowest BCUT2D eigenvalue weighted by Crippen LogP contribution is -2.35. The first-order valence-electron chi connectivity index (χ1n) is 13.3. The number of hydrogen-bond donors (Lipinski definition) is 2. The van der Waals surface area contributed by atoms with Gasteiger partial charge in [-0.2, -0.15) is 0 Å². The molecule has 1 saturated heterocycles. The van der Waals surface area contributed by atoms with Crippen LogP contribution in [0.2, 0.25) is 0 Å². The zero-order valence-electron chi connectivity index (χ0n) is 22.9. The summed E-state index contributed by atoms with van der Waals surface area (Å²) in [6, 6.07) is 20.1. The number of benzene rings is 3. The van der Waals surface area contributed by atoms with Crippen LogP contribution in [0, 0.1) is 5.82 Å². The van der Waals surface area contributed by atoms with Crippen LogP contribution < -0.4 is 20.3 Å². The maximum atomic E-state index is 15.1. The summed E-state index contributed by atoms with van der Waals surface area (Å²) in [7, 11) is 1.64. The Bertz CT molecular complexity index is 1530. The molecule has 4 aromatic rings. The van der Waals surface area contributed by atoms with Gasteiger partial charge < -0.3 is 20.1 Å². The van der Waals surface area contributed by atoms with Crippen LogP contribution in [-0.4, -0.2) is 59.2 Å². The average Bonchev–Trinajstić information content (AvgIpc) is 3.62. The topological polar surface area (TPSA) is 111 Å². The molecular formula is C30H30ClFN6O4. The van der Waals surface area contributed by atoms with Gasteiger partial charge in [0, 0.05) is 18.7 Å². The fraction of sp³-hybridized carbons (Fsp3) is 0.267. The van der Waals surface area contributed by atoms with Gasteiger partial charge in [-0.25, -0.2) is 13.9 Å². The average molecular weight is 593 g/mol. The molecule has 1 aliphatic heterocycles. The van der Waals surface area contributed by atoms with Gasteiger partial charge in [0.05, 0.1) is 44.3 Å². The summed E-state index contributed by atoms with van der Waals surface area (Å²) < 4.78 is 27.5. The van der Waals surface area contributed by atoms with E-state index in [2.05, 4.69) is 20.9 Å². The van der Waals surface area contributed by atoms with E-state index in [4.69, 9.17) is 21.1 Å². The molecule has 3 aromatic carbocycles. The molecule has 1 aromatic heterocycles. The Kier molecular flexibility index (Phi) is 9.30. The van der Waals surface area contributed by atoms with Crippen molar-refractivity contribution < 1.29 is 23.5 Å². The lowest BCUT2D eigenvalue weighted by Gasteiger charge is -2.15. The molecule has 12 heteroatoms. The predicted octanol–water partition coefficient (Wildman–Crippen LogP) is 4.11. The minimum absolute atomic E-state index is 0.139. The molecule has 0 radical (unpaired) electrons. The SMILES string of the molecule is COc1ccc(Cn2nncc2CNCc2ccc(-c3ccc(N4C[C@H](CNC(=O)CCl)OC4=O)cc3F)cc2)cc1. The van der Waals surface area contributed by atoms with E-state index >= 15 is 4.39 Å². The van der Waals surface area contributed by atoms with E-state index in [1.165, 1.54) is 11.0 Å². The van der Waals surface area contributed by atoms with Gasteiger partial charge in [-0.1, -0.05) is 41.6 Å². The van der Waals surface area contributed by atoms with E-state index in [0.717, 1.165) is 28.1 Å². The quantitative estimate of drug-likeness (QED) is 0.238. The van der Waals surface area contributed by atoms with Gasteiger partial charge in [0.1, 0.15) is 23.6 Å². The third-order valence-corrected chi connectivity index (χ3v) is 7.12. The van der Waals surface area contributed by atoms with Gasteiger partial charge in [0.15, 0.2) is 0 Å². The van der Waals surface area contributed by atoms with E-state index < -0.39 is 18.0 Å². The van der Waals surface area contributed by atoms with Gasteiger partial charge in [-0.05, 0) is 47.0 Å². The van der Waals surface area contributed by atoms with Gasteiger partial charge in [-0.15, -0.1) is 16.7 Å². The third kappa shape index (κ3) is 7.04. The summed E-state index contributed by atoms with van der Waals surface area (Å²) in [6.45, 7) is 2.13. The minimum atomic E-state index is -0.594. The second-order valence-electron chi connectivity index (χ2n) is 9.75. The number of amides is 2. The number of anilines is 1. The predicted molar refractivity (Wildman–Crippen MR) is 156 cm³/mol. The van der Waals surface area contributed by atoms with Crippen molar-refractivity contribution in [2.75, 3.05) is 31.0 Å². The smallest absolute Gasteiger partial charge is 0.414 e. The van der Waals surface area contributed by atoms with Crippen LogP contribution in [0.15, 0.2) is 72.9 Å². The Hall–Kier alpha value is -4.48.